The maximum atomic E-state index is 14.2. The van der Waals surface area contributed by atoms with Crippen molar-refractivity contribution in [3.05, 3.63) is 11.6 Å². The van der Waals surface area contributed by atoms with Gasteiger partial charge in [0.25, 0.3) is 0 Å². The van der Waals surface area contributed by atoms with E-state index in [1.54, 1.807) is 0 Å². The van der Waals surface area contributed by atoms with Gasteiger partial charge in [-0.1, -0.05) is 60.1 Å². The molecule has 13 atom stereocenters. The maximum Gasteiger partial charge on any atom is 0.335 e. The van der Waals surface area contributed by atoms with E-state index in [9.17, 15) is 39.9 Å². The second-order valence-electron chi connectivity index (χ2n) is 17.8. The maximum absolute atomic E-state index is 14.2. The molecule has 5 aliphatic carbocycles. The van der Waals surface area contributed by atoms with E-state index in [1.165, 1.54) is 5.57 Å². The number of aliphatic hydroxyl groups excluding tert-OH is 3. The summed E-state index contributed by atoms with van der Waals surface area (Å²) in [5.74, 6) is -2.36. The van der Waals surface area contributed by atoms with E-state index in [2.05, 4.69) is 54.5 Å². The first-order valence-corrected chi connectivity index (χ1v) is 17.2. The molecule has 258 valence electrons. The van der Waals surface area contributed by atoms with E-state index in [0.717, 1.165) is 32.1 Å². The van der Waals surface area contributed by atoms with Crippen LogP contribution in [-0.2, 0) is 23.9 Å². The second kappa shape index (κ2) is 10.6. The van der Waals surface area contributed by atoms with E-state index in [-0.39, 0.29) is 46.2 Å². The SMILES string of the molecule is CC1(C)CC[C@]2(C(=O)O)C(=O)C[C@]3(C)C(=CC[C@@H]4[C@@]5(C)CC[C@H](O[C@@H]6O[C@H](C(=O)O)[C@@H](O)[C@H](O)[C@H]6O)C(C)(C)[C@@H]5CC[C@]43C)[C@@H]2C1. The van der Waals surface area contributed by atoms with E-state index in [4.69, 9.17) is 9.47 Å². The Hall–Kier alpha value is -1.85. The summed E-state index contributed by atoms with van der Waals surface area (Å²) in [5, 5.41) is 51.3. The minimum absolute atomic E-state index is 0.0406. The molecule has 5 N–H and O–H groups in total. The predicted molar refractivity (Wildman–Crippen MR) is 166 cm³/mol. The number of carbonyl (C=O) groups is 3. The lowest BCUT2D eigenvalue weighted by Gasteiger charge is -2.71. The van der Waals surface area contributed by atoms with Crippen molar-refractivity contribution in [2.45, 2.75) is 143 Å². The second-order valence-corrected chi connectivity index (χ2v) is 17.8. The van der Waals surface area contributed by atoms with Crippen LogP contribution in [0.2, 0.25) is 0 Å². The Kier molecular flexibility index (Phi) is 7.82. The molecule has 0 radical (unpaired) electrons. The lowest BCUT2D eigenvalue weighted by atomic mass is 9.33. The molecule has 0 unspecified atom stereocenters. The topological polar surface area (TPSA) is 171 Å². The summed E-state index contributed by atoms with van der Waals surface area (Å²) in [5.41, 5.74) is -1.38. The number of rotatable bonds is 4. The standard InChI is InChI=1S/C36H54O10/c1-31(2)14-15-36(30(43)44)19(16-31)18-8-9-21-33(5)12-11-23(45-29-26(40)24(38)25(39)27(46-29)28(41)42)32(3,4)20(33)10-13-34(21,6)35(18,7)17-22(36)37/h8,19-21,23-27,29,38-40H,9-17H2,1-7H3,(H,41,42)(H,43,44)/t19-,20-,21+,23-,24-,25-,26+,27-,29+,33-,34+,35+,36+/m0/s1. The Morgan fingerprint density at radius 3 is 2.17 bits per heavy atom. The molecule has 1 heterocycles. The number of carbonyl (C=O) groups excluding carboxylic acids is 1. The van der Waals surface area contributed by atoms with Crippen molar-refractivity contribution in [2.24, 2.45) is 50.2 Å². The van der Waals surface area contributed by atoms with Crippen molar-refractivity contribution in [3.63, 3.8) is 0 Å². The zero-order valence-electron chi connectivity index (χ0n) is 28.4. The number of ether oxygens (including phenoxy) is 2. The number of carboxylic acid groups (broad SMARTS) is 2. The van der Waals surface area contributed by atoms with E-state index in [0.29, 0.717) is 19.3 Å². The average Bonchev–Trinajstić information content (AvgIpc) is 2.94. The third kappa shape index (κ3) is 4.41. The molecule has 1 saturated heterocycles. The van der Waals surface area contributed by atoms with Gasteiger partial charge in [0.05, 0.1) is 6.10 Å². The molecule has 0 spiro atoms. The van der Waals surface area contributed by atoms with Crippen molar-refractivity contribution >= 4 is 17.7 Å². The summed E-state index contributed by atoms with van der Waals surface area (Å²) < 4.78 is 11.8. The fourth-order valence-electron chi connectivity index (χ4n) is 12.0. The first-order chi connectivity index (χ1) is 21.2. The van der Waals surface area contributed by atoms with Crippen LogP contribution in [0.25, 0.3) is 0 Å². The molecule has 5 fully saturated rings. The Morgan fingerprint density at radius 2 is 1.54 bits per heavy atom. The molecule has 1 aliphatic heterocycles. The van der Waals surface area contributed by atoms with Gasteiger partial charge in [-0.05, 0) is 84.9 Å². The van der Waals surface area contributed by atoms with Crippen molar-refractivity contribution in [2.75, 3.05) is 0 Å². The van der Waals surface area contributed by atoms with Gasteiger partial charge in [0.15, 0.2) is 18.2 Å². The number of fused-ring (bicyclic) bond motifs is 7. The summed E-state index contributed by atoms with van der Waals surface area (Å²) in [7, 11) is 0. The van der Waals surface area contributed by atoms with E-state index >= 15 is 0 Å². The molecule has 0 aromatic rings. The number of Topliss-reactive ketones (excluding diaryl/α,β-unsaturated/α-hetero) is 1. The van der Waals surface area contributed by atoms with Crippen LogP contribution in [0.3, 0.4) is 0 Å². The minimum atomic E-state index is -1.77. The number of ketones is 1. The Labute approximate surface area is 271 Å². The Bertz CT molecular complexity index is 1340. The van der Waals surface area contributed by atoms with Crippen LogP contribution in [0, 0.1) is 50.2 Å². The summed E-state index contributed by atoms with van der Waals surface area (Å²) >= 11 is 0. The Morgan fingerprint density at radius 1 is 0.870 bits per heavy atom. The highest BCUT2D eigenvalue weighted by Crippen LogP contribution is 2.75. The zero-order valence-corrected chi connectivity index (χ0v) is 28.4. The average molecular weight is 647 g/mol. The summed E-state index contributed by atoms with van der Waals surface area (Å²) in [6.45, 7) is 15.6. The molecule has 6 rings (SSSR count). The third-order valence-corrected chi connectivity index (χ3v) is 14.9. The van der Waals surface area contributed by atoms with Gasteiger partial charge in [-0.3, -0.25) is 9.59 Å². The molecule has 0 aromatic heterocycles. The van der Waals surface area contributed by atoms with Crippen LogP contribution < -0.4 is 0 Å². The van der Waals surface area contributed by atoms with Crippen LogP contribution >= 0.6 is 0 Å². The minimum Gasteiger partial charge on any atom is -0.480 e. The number of carboxylic acids is 2. The van der Waals surface area contributed by atoms with Gasteiger partial charge < -0.3 is 35.0 Å². The largest absolute Gasteiger partial charge is 0.480 e. The van der Waals surface area contributed by atoms with Crippen molar-refractivity contribution in [1.29, 1.82) is 0 Å². The molecule has 46 heavy (non-hydrogen) atoms. The lowest BCUT2D eigenvalue weighted by molar-refractivity contribution is -0.323. The predicted octanol–water partition coefficient (Wildman–Crippen LogP) is 4.33. The fraction of sp³-hybridized carbons (Fsp3) is 0.861. The van der Waals surface area contributed by atoms with Gasteiger partial charge in [-0.2, -0.15) is 0 Å². The molecule has 0 amide bonds. The first kappa shape index (κ1) is 34.0. The van der Waals surface area contributed by atoms with Gasteiger partial charge in [0.2, 0.25) is 0 Å². The third-order valence-electron chi connectivity index (χ3n) is 14.9. The number of aliphatic hydroxyl groups is 3. The molecular weight excluding hydrogens is 592 g/mol. The van der Waals surface area contributed by atoms with E-state index in [1.807, 2.05) is 0 Å². The highest BCUT2D eigenvalue weighted by atomic mass is 16.7. The highest BCUT2D eigenvalue weighted by Gasteiger charge is 2.71. The van der Waals surface area contributed by atoms with Crippen LogP contribution in [0.1, 0.15) is 106 Å². The monoisotopic (exact) mass is 646 g/mol. The van der Waals surface area contributed by atoms with Gasteiger partial charge in [-0.25, -0.2) is 4.79 Å². The molecular formula is C36H54O10. The highest BCUT2D eigenvalue weighted by molar-refractivity contribution is 6.05. The molecule has 0 bridgehead atoms. The van der Waals surface area contributed by atoms with Gasteiger partial charge in [0.1, 0.15) is 23.7 Å². The summed E-state index contributed by atoms with van der Waals surface area (Å²) in [6, 6.07) is 0. The number of hydrogen-bond acceptors (Lipinski definition) is 8. The summed E-state index contributed by atoms with van der Waals surface area (Å²) in [4.78, 5) is 38.8. The molecule has 6 aliphatic rings. The fourth-order valence-corrected chi connectivity index (χ4v) is 12.0. The molecule has 10 nitrogen and oxygen atoms in total. The van der Waals surface area contributed by atoms with Crippen LogP contribution in [0.5, 0.6) is 0 Å². The number of aliphatic carboxylic acids is 2. The van der Waals surface area contributed by atoms with Gasteiger partial charge in [-0.15, -0.1) is 0 Å². The van der Waals surface area contributed by atoms with Crippen molar-refractivity contribution < 1.29 is 49.4 Å². The first-order valence-electron chi connectivity index (χ1n) is 17.2. The molecule has 0 aromatic carbocycles. The van der Waals surface area contributed by atoms with E-state index < -0.39 is 65.0 Å². The van der Waals surface area contributed by atoms with Gasteiger partial charge in [0, 0.05) is 17.8 Å². The lowest BCUT2D eigenvalue weighted by Crippen LogP contribution is -2.67. The van der Waals surface area contributed by atoms with Crippen molar-refractivity contribution in [1.82, 2.24) is 0 Å². The number of hydrogen-bond donors (Lipinski definition) is 5. The Balaban J connectivity index is 1.31. The normalized spacial score (nSPS) is 51.0. The van der Waals surface area contributed by atoms with Crippen LogP contribution in [0.15, 0.2) is 11.6 Å². The van der Waals surface area contributed by atoms with Crippen LogP contribution in [0.4, 0.5) is 0 Å². The van der Waals surface area contributed by atoms with Crippen molar-refractivity contribution in [3.8, 4) is 0 Å². The van der Waals surface area contributed by atoms with Gasteiger partial charge >= 0.3 is 11.9 Å². The quantitative estimate of drug-likeness (QED) is 0.168. The zero-order chi connectivity index (χ0) is 34.0. The number of allylic oxidation sites excluding steroid dienone is 2. The summed E-state index contributed by atoms with van der Waals surface area (Å²) in [6.07, 6.45) is -0.193. The molecule has 10 heteroatoms. The molecule has 4 saturated carbocycles. The van der Waals surface area contributed by atoms with Crippen LogP contribution in [-0.4, -0.2) is 80.1 Å². The smallest absolute Gasteiger partial charge is 0.335 e.